The Bertz CT molecular complexity index is 470. The summed E-state index contributed by atoms with van der Waals surface area (Å²) in [5.41, 5.74) is 6.50. The van der Waals surface area contributed by atoms with Crippen molar-refractivity contribution in [2.24, 2.45) is 0 Å². The maximum Gasteiger partial charge on any atom is 0.416 e. The fourth-order valence-electron chi connectivity index (χ4n) is 1.91. The minimum Gasteiger partial charge on any atom is -0.397 e. The third-order valence-electron chi connectivity index (χ3n) is 2.84. The molecule has 1 aliphatic heterocycles. The van der Waals surface area contributed by atoms with E-state index in [1.54, 1.807) is 0 Å². The van der Waals surface area contributed by atoms with Crippen molar-refractivity contribution < 1.29 is 22.6 Å². The monoisotopic (exact) mass is 296 g/mol. The fourth-order valence-corrected chi connectivity index (χ4v) is 2.08. The number of rotatable bonds is 1. The van der Waals surface area contributed by atoms with Gasteiger partial charge in [0.2, 0.25) is 0 Å². The van der Waals surface area contributed by atoms with Crippen molar-refractivity contribution in [1.29, 1.82) is 0 Å². The number of aromatic nitrogens is 1. The van der Waals surface area contributed by atoms with E-state index in [2.05, 4.69) is 4.98 Å². The Morgan fingerprint density at radius 3 is 2.74 bits per heavy atom. The molecule has 0 saturated carbocycles. The number of hydrogen-bond donors (Lipinski definition) is 1. The highest BCUT2D eigenvalue weighted by Gasteiger charge is 2.46. The molecule has 106 valence electrons. The normalized spacial score (nSPS) is 28.4. The minimum atomic E-state index is -4.44. The Hall–Kier alpha value is -1.05. The van der Waals surface area contributed by atoms with E-state index in [1.165, 1.54) is 19.2 Å². The maximum atomic E-state index is 12.5. The van der Waals surface area contributed by atoms with Crippen molar-refractivity contribution in [3.8, 4) is 0 Å². The van der Waals surface area contributed by atoms with Gasteiger partial charge in [-0.15, -0.1) is 0 Å². The predicted molar refractivity (Wildman–Crippen MR) is 62.7 cm³/mol. The lowest BCUT2D eigenvalue weighted by atomic mass is 10.0. The third kappa shape index (κ3) is 3.10. The van der Waals surface area contributed by atoms with Crippen molar-refractivity contribution in [3.05, 3.63) is 23.0 Å². The Kier molecular flexibility index (Phi) is 3.89. The summed E-state index contributed by atoms with van der Waals surface area (Å²) >= 11 is 5.74. The predicted octanol–water partition coefficient (Wildman–Crippen LogP) is 2.72. The Labute approximate surface area is 112 Å². The summed E-state index contributed by atoms with van der Waals surface area (Å²) in [4.78, 5) is 3.78. The maximum absolute atomic E-state index is 12.5. The molecule has 2 rings (SSSR count). The van der Waals surface area contributed by atoms with Crippen LogP contribution in [0.3, 0.4) is 0 Å². The molecule has 19 heavy (non-hydrogen) atoms. The summed E-state index contributed by atoms with van der Waals surface area (Å²) in [6.45, 7) is 0.925. The van der Waals surface area contributed by atoms with Crippen LogP contribution >= 0.6 is 11.6 Å². The van der Waals surface area contributed by atoms with Gasteiger partial charge in [0.25, 0.3) is 0 Å². The lowest BCUT2D eigenvalue weighted by molar-refractivity contribution is -0.287. The van der Waals surface area contributed by atoms with Crippen molar-refractivity contribution in [2.45, 2.75) is 31.4 Å². The van der Waals surface area contributed by atoms with Gasteiger partial charge in [-0.05, 0) is 13.0 Å². The van der Waals surface area contributed by atoms with Gasteiger partial charge in [0.05, 0.1) is 24.6 Å². The van der Waals surface area contributed by atoms with Crippen LogP contribution in [-0.4, -0.2) is 30.0 Å². The molecule has 4 nitrogen and oxygen atoms in total. The van der Waals surface area contributed by atoms with Gasteiger partial charge in [-0.3, -0.25) is 0 Å². The average molecular weight is 297 g/mol. The molecule has 2 heterocycles. The Morgan fingerprint density at radius 1 is 1.47 bits per heavy atom. The van der Waals surface area contributed by atoms with Gasteiger partial charge in [-0.1, -0.05) is 11.6 Å². The molecule has 0 aliphatic carbocycles. The zero-order chi connectivity index (χ0) is 14.2. The van der Waals surface area contributed by atoms with Gasteiger partial charge in [-0.2, -0.15) is 13.2 Å². The molecule has 0 bridgehead atoms. The molecule has 0 amide bonds. The molecule has 1 fully saturated rings. The van der Waals surface area contributed by atoms with E-state index >= 15 is 0 Å². The molecular weight excluding hydrogens is 285 g/mol. The number of hydrogen-bond acceptors (Lipinski definition) is 4. The number of halogens is 4. The van der Waals surface area contributed by atoms with Crippen molar-refractivity contribution in [1.82, 2.24) is 4.98 Å². The van der Waals surface area contributed by atoms with Crippen LogP contribution in [0.2, 0.25) is 5.15 Å². The van der Waals surface area contributed by atoms with Gasteiger partial charge in [0, 0.05) is 5.56 Å². The van der Waals surface area contributed by atoms with Gasteiger partial charge < -0.3 is 15.2 Å². The first-order valence-electron chi connectivity index (χ1n) is 5.53. The molecule has 0 aromatic carbocycles. The van der Waals surface area contributed by atoms with Crippen LogP contribution < -0.4 is 5.73 Å². The van der Waals surface area contributed by atoms with Crippen LogP contribution in [0.5, 0.6) is 0 Å². The van der Waals surface area contributed by atoms with Crippen molar-refractivity contribution in [3.63, 3.8) is 0 Å². The minimum absolute atomic E-state index is 0.193. The number of anilines is 1. The van der Waals surface area contributed by atoms with Gasteiger partial charge in [0.15, 0.2) is 6.10 Å². The summed E-state index contributed by atoms with van der Waals surface area (Å²) in [5, 5.41) is 0.193. The lowest BCUT2D eigenvalue weighted by Crippen LogP contribution is -2.45. The third-order valence-corrected chi connectivity index (χ3v) is 3.05. The highest BCUT2D eigenvalue weighted by molar-refractivity contribution is 6.29. The van der Waals surface area contributed by atoms with E-state index in [0.717, 1.165) is 0 Å². The quantitative estimate of drug-likeness (QED) is 0.810. The Balaban J connectivity index is 2.18. The SMILES string of the molecule is CC1O[C@@H](C(F)(F)F)CO[C@@H]1c1cc(Cl)ncc1N. The standard InChI is InChI=1S/C11H12ClF3N2O2/c1-5-10(6-2-9(12)17-3-7(6)16)18-4-8(19-5)11(13,14)15/h2-3,5,8,10H,4,16H2,1H3/t5?,8-,10+/m1/s1. The number of pyridine rings is 1. The van der Waals surface area contributed by atoms with Crippen LogP contribution in [0.25, 0.3) is 0 Å². The highest BCUT2D eigenvalue weighted by atomic mass is 35.5. The van der Waals surface area contributed by atoms with Gasteiger partial charge in [0.1, 0.15) is 11.3 Å². The number of alkyl halides is 3. The average Bonchev–Trinajstić information content (AvgIpc) is 2.31. The highest BCUT2D eigenvalue weighted by Crippen LogP contribution is 2.36. The van der Waals surface area contributed by atoms with Crippen molar-refractivity contribution in [2.75, 3.05) is 12.3 Å². The summed E-state index contributed by atoms with van der Waals surface area (Å²) in [6, 6.07) is 1.47. The molecule has 0 radical (unpaired) electrons. The first-order valence-corrected chi connectivity index (χ1v) is 5.91. The molecule has 2 N–H and O–H groups in total. The molecule has 0 spiro atoms. The van der Waals surface area contributed by atoms with E-state index in [-0.39, 0.29) is 5.15 Å². The van der Waals surface area contributed by atoms with E-state index < -0.39 is 31.1 Å². The first kappa shape index (κ1) is 14.4. The lowest BCUT2D eigenvalue weighted by Gasteiger charge is -2.36. The van der Waals surface area contributed by atoms with E-state index in [0.29, 0.717) is 11.3 Å². The van der Waals surface area contributed by atoms with Gasteiger partial charge >= 0.3 is 6.18 Å². The molecule has 1 aliphatic rings. The van der Waals surface area contributed by atoms with Gasteiger partial charge in [-0.25, -0.2) is 4.98 Å². The molecular formula is C11H12ClF3N2O2. The molecule has 1 saturated heterocycles. The van der Waals surface area contributed by atoms with Crippen LogP contribution in [0.1, 0.15) is 18.6 Å². The number of nitrogen functional groups attached to an aromatic ring is 1. The second kappa shape index (κ2) is 5.15. The number of ether oxygens (including phenoxy) is 2. The zero-order valence-electron chi connectivity index (χ0n) is 9.95. The second-order valence-electron chi connectivity index (χ2n) is 4.26. The van der Waals surface area contributed by atoms with Crippen molar-refractivity contribution >= 4 is 17.3 Å². The van der Waals surface area contributed by atoms with Crippen LogP contribution in [-0.2, 0) is 9.47 Å². The molecule has 3 atom stereocenters. The van der Waals surface area contributed by atoms with E-state index in [9.17, 15) is 13.2 Å². The number of nitrogens with zero attached hydrogens (tertiary/aromatic N) is 1. The summed E-state index contributed by atoms with van der Waals surface area (Å²) in [6.07, 6.45) is -6.51. The Morgan fingerprint density at radius 2 is 2.16 bits per heavy atom. The largest absolute Gasteiger partial charge is 0.416 e. The van der Waals surface area contributed by atoms with E-state index in [1.807, 2.05) is 0 Å². The summed E-state index contributed by atoms with van der Waals surface area (Å²) in [5.74, 6) is 0. The number of nitrogens with two attached hydrogens (primary N) is 1. The molecule has 8 heteroatoms. The first-order chi connectivity index (χ1) is 8.79. The fraction of sp³-hybridized carbons (Fsp3) is 0.545. The van der Waals surface area contributed by atoms with Crippen LogP contribution in [0.15, 0.2) is 12.3 Å². The summed E-state index contributed by atoms with van der Waals surface area (Å²) in [7, 11) is 0. The molecule has 1 aromatic heterocycles. The van der Waals surface area contributed by atoms with Crippen LogP contribution in [0, 0.1) is 0 Å². The zero-order valence-corrected chi connectivity index (χ0v) is 10.7. The second-order valence-corrected chi connectivity index (χ2v) is 4.65. The topological polar surface area (TPSA) is 57.4 Å². The van der Waals surface area contributed by atoms with Crippen LogP contribution in [0.4, 0.5) is 18.9 Å². The molecule has 1 unspecified atom stereocenters. The molecule has 1 aromatic rings. The smallest absolute Gasteiger partial charge is 0.397 e. The summed E-state index contributed by atoms with van der Waals surface area (Å²) < 4.78 is 47.8. The van der Waals surface area contributed by atoms with E-state index in [4.69, 9.17) is 26.8 Å².